The number of ketones is 1. The van der Waals surface area contributed by atoms with Crippen molar-refractivity contribution in [3.05, 3.63) is 87.8 Å². The summed E-state index contributed by atoms with van der Waals surface area (Å²) < 4.78 is 16.4. The van der Waals surface area contributed by atoms with Crippen molar-refractivity contribution >= 4 is 17.7 Å². The molecule has 7 heteroatoms. The second-order valence-corrected chi connectivity index (χ2v) is 9.27. The number of dihydropyridines is 1. The summed E-state index contributed by atoms with van der Waals surface area (Å²) in [5.74, 6) is -3.07. The van der Waals surface area contributed by atoms with Crippen molar-refractivity contribution in [3.8, 4) is 5.75 Å². The number of Topliss-reactive ketones (excluding diaryl/α,β-unsaturated/α-hetero) is 1. The molecule has 1 aliphatic heterocycles. The molecule has 1 aliphatic carbocycles. The molecule has 0 amide bonds. The Balaban J connectivity index is 1.91. The van der Waals surface area contributed by atoms with Gasteiger partial charge in [0.25, 0.3) is 0 Å². The first-order valence-corrected chi connectivity index (χ1v) is 12.6. The summed E-state index contributed by atoms with van der Waals surface area (Å²) in [5, 5.41) is 3.32. The van der Waals surface area contributed by atoms with Crippen LogP contribution in [0, 0.1) is 12.8 Å². The molecule has 4 rings (SSSR count). The Bertz CT molecular complexity index is 1270. The van der Waals surface area contributed by atoms with E-state index in [0.29, 0.717) is 34.7 Å². The normalized spacial score (nSPS) is 21.2. The van der Waals surface area contributed by atoms with Gasteiger partial charge in [-0.1, -0.05) is 48.0 Å². The van der Waals surface area contributed by atoms with E-state index in [0.717, 1.165) is 16.7 Å². The fraction of sp³-hybridized carbons (Fsp3) is 0.367. The average molecular weight is 504 g/mol. The number of aryl methyl sites for hydroxylation is 1. The number of carbonyl (C=O) groups is 3. The number of hydrogen-bond donors (Lipinski definition) is 1. The maximum absolute atomic E-state index is 14.3. The summed E-state index contributed by atoms with van der Waals surface area (Å²) in [4.78, 5) is 40.8. The number of para-hydroxylation sites is 1. The van der Waals surface area contributed by atoms with Crippen LogP contribution >= 0.6 is 0 Å². The summed E-state index contributed by atoms with van der Waals surface area (Å²) in [6, 6.07) is 15.1. The number of carbonyl (C=O) groups excluding carboxylic acids is 3. The Morgan fingerprint density at radius 3 is 2.30 bits per heavy atom. The van der Waals surface area contributed by atoms with Crippen LogP contribution in [0.3, 0.4) is 0 Å². The molecule has 2 aliphatic rings. The monoisotopic (exact) mass is 503 g/mol. The molecule has 0 radical (unpaired) electrons. The third kappa shape index (κ3) is 4.90. The molecule has 0 bridgehead atoms. The van der Waals surface area contributed by atoms with Crippen molar-refractivity contribution in [3.63, 3.8) is 0 Å². The van der Waals surface area contributed by atoms with Crippen LogP contribution in [0.2, 0.25) is 0 Å². The zero-order valence-corrected chi connectivity index (χ0v) is 21.9. The fourth-order valence-electron chi connectivity index (χ4n) is 5.37. The molecule has 1 heterocycles. The average Bonchev–Trinajstić information content (AvgIpc) is 2.88. The smallest absolute Gasteiger partial charge is 0.336 e. The predicted octanol–water partition coefficient (Wildman–Crippen LogP) is 4.72. The molecule has 2 aromatic rings. The molecular formula is C30H33NO6. The fourth-order valence-corrected chi connectivity index (χ4v) is 5.37. The van der Waals surface area contributed by atoms with E-state index in [-0.39, 0.29) is 19.0 Å². The van der Waals surface area contributed by atoms with E-state index in [1.165, 1.54) is 0 Å². The van der Waals surface area contributed by atoms with Gasteiger partial charge in [0.1, 0.15) is 11.7 Å². The molecule has 0 spiro atoms. The van der Waals surface area contributed by atoms with Crippen LogP contribution in [-0.4, -0.2) is 38.0 Å². The summed E-state index contributed by atoms with van der Waals surface area (Å²) in [6.07, 6.45) is 0.376. The number of nitrogens with one attached hydrogen (secondary N) is 1. The van der Waals surface area contributed by atoms with Crippen LogP contribution in [0.1, 0.15) is 55.7 Å². The summed E-state index contributed by atoms with van der Waals surface area (Å²) in [5.41, 5.74) is 4.70. The van der Waals surface area contributed by atoms with Crippen LogP contribution in [0.15, 0.2) is 71.1 Å². The van der Waals surface area contributed by atoms with Crippen LogP contribution in [0.25, 0.3) is 0 Å². The zero-order valence-electron chi connectivity index (χ0n) is 21.9. The minimum absolute atomic E-state index is 0.153. The van der Waals surface area contributed by atoms with E-state index in [4.69, 9.17) is 14.2 Å². The van der Waals surface area contributed by atoms with Crippen molar-refractivity contribution in [2.45, 2.75) is 46.0 Å². The van der Waals surface area contributed by atoms with Crippen molar-refractivity contribution in [1.29, 1.82) is 0 Å². The van der Waals surface area contributed by atoms with Gasteiger partial charge in [-0.05, 0) is 51.3 Å². The molecule has 37 heavy (non-hydrogen) atoms. The first kappa shape index (κ1) is 26.2. The Labute approximate surface area is 217 Å². The highest BCUT2D eigenvalue weighted by Gasteiger charge is 2.49. The van der Waals surface area contributed by atoms with Crippen LogP contribution in [0.5, 0.6) is 5.75 Å². The molecule has 194 valence electrons. The lowest BCUT2D eigenvalue weighted by molar-refractivity contribution is -0.152. The Morgan fingerprint density at radius 2 is 1.65 bits per heavy atom. The van der Waals surface area contributed by atoms with Crippen molar-refractivity contribution in [2.24, 2.45) is 5.92 Å². The van der Waals surface area contributed by atoms with E-state index in [1.807, 2.05) is 62.4 Å². The molecule has 3 atom stereocenters. The summed E-state index contributed by atoms with van der Waals surface area (Å²) >= 11 is 0. The first-order valence-electron chi connectivity index (χ1n) is 12.6. The molecular weight excluding hydrogens is 470 g/mol. The third-order valence-electron chi connectivity index (χ3n) is 7.00. The molecule has 2 aromatic carbocycles. The van der Waals surface area contributed by atoms with E-state index >= 15 is 0 Å². The summed E-state index contributed by atoms with van der Waals surface area (Å²) in [7, 11) is 1.57. The molecule has 7 nitrogen and oxygen atoms in total. The van der Waals surface area contributed by atoms with Gasteiger partial charge >= 0.3 is 11.9 Å². The topological polar surface area (TPSA) is 90.9 Å². The van der Waals surface area contributed by atoms with Gasteiger partial charge in [0.2, 0.25) is 0 Å². The molecule has 1 N–H and O–H groups in total. The number of hydrogen-bond acceptors (Lipinski definition) is 7. The Kier molecular flexibility index (Phi) is 7.81. The number of methoxy groups -OCH3 is 1. The van der Waals surface area contributed by atoms with Crippen LogP contribution < -0.4 is 10.1 Å². The van der Waals surface area contributed by atoms with Crippen LogP contribution in [-0.2, 0) is 23.9 Å². The third-order valence-corrected chi connectivity index (χ3v) is 7.00. The molecule has 0 fully saturated rings. The largest absolute Gasteiger partial charge is 0.496 e. The molecule has 0 saturated heterocycles. The van der Waals surface area contributed by atoms with E-state index < -0.39 is 29.7 Å². The van der Waals surface area contributed by atoms with Gasteiger partial charge in [0.15, 0.2) is 5.78 Å². The number of esters is 2. The quantitative estimate of drug-likeness (QED) is 0.432. The number of rotatable bonds is 7. The summed E-state index contributed by atoms with van der Waals surface area (Å²) in [6.45, 7) is 7.62. The molecule has 0 saturated carbocycles. The Hall–Kier alpha value is -3.87. The number of ether oxygens (including phenoxy) is 3. The highest BCUT2D eigenvalue weighted by atomic mass is 16.5. The first-order chi connectivity index (χ1) is 17.8. The minimum Gasteiger partial charge on any atom is -0.496 e. The standard InChI is InChI=1S/C30H33NO6/c1-6-36-29(33)24-18(4)31-22-16-21(20-10-8-9-11-23(20)35-5)26(30(34)37-7-2)28(32)27(22)25(24)19-14-12-17(3)13-15-19/h8-15,21,25-26,31H,6-7,16H2,1-5H3/t21-,25-,26-/m1/s1. The predicted molar refractivity (Wildman–Crippen MR) is 139 cm³/mol. The lowest BCUT2D eigenvalue weighted by Crippen LogP contribution is -2.43. The zero-order chi connectivity index (χ0) is 26.7. The molecule has 0 aromatic heterocycles. The van der Waals surface area contributed by atoms with Crippen molar-refractivity contribution in [2.75, 3.05) is 20.3 Å². The maximum Gasteiger partial charge on any atom is 0.336 e. The second-order valence-electron chi connectivity index (χ2n) is 9.27. The van der Waals surface area contributed by atoms with Gasteiger partial charge in [-0.3, -0.25) is 9.59 Å². The number of allylic oxidation sites excluding steroid dienone is 3. The van der Waals surface area contributed by atoms with Gasteiger partial charge in [-0.2, -0.15) is 0 Å². The Morgan fingerprint density at radius 1 is 0.973 bits per heavy atom. The van der Waals surface area contributed by atoms with Crippen molar-refractivity contribution in [1.82, 2.24) is 5.32 Å². The van der Waals surface area contributed by atoms with Gasteiger partial charge in [0, 0.05) is 28.8 Å². The maximum atomic E-state index is 14.3. The highest BCUT2D eigenvalue weighted by molar-refractivity contribution is 6.13. The van der Waals surface area contributed by atoms with Crippen molar-refractivity contribution < 1.29 is 28.6 Å². The van der Waals surface area contributed by atoms with E-state index in [9.17, 15) is 14.4 Å². The van der Waals surface area contributed by atoms with Gasteiger partial charge in [0.05, 0.1) is 25.9 Å². The van der Waals surface area contributed by atoms with E-state index in [1.54, 1.807) is 21.0 Å². The highest BCUT2D eigenvalue weighted by Crippen LogP contribution is 2.49. The van der Waals surface area contributed by atoms with Gasteiger partial charge in [-0.25, -0.2) is 4.79 Å². The lowest BCUT2D eigenvalue weighted by atomic mass is 9.67. The van der Waals surface area contributed by atoms with Crippen LogP contribution in [0.4, 0.5) is 0 Å². The molecule has 0 unspecified atom stereocenters. The van der Waals surface area contributed by atoms with Gasteiger partial charge in [-0.15, -0.1) is 0 Å². The second kappa shape index (κ2) is 11.0. The SMILES string of the molecule is CCOC(=O)C1=C(C)NC2=C(C(=O)[C@H](C(=O)OCC)[C@@H](c3ccccc3OC)C2)[C@@H]1c1ccc(C)cc1. The van der Waals surface area contributed by atoms with E-state index in [2.05, 4.69) is 5.32 Å². The number of benzene rings is 2. The minimum atomic E-state index is -1.08. The lowest BCUT2D eigenvalue weighted by Gasteiger charge is -2.39. The van der Waals surface area contributed by atoms with Gasteiger partial charge < -0.3 is 19.5 Å².